The van der Waals surface area contributed by atoms with Crippen molar-refractivity contribution in [1.82, 2.24) is 9.97 Å². The fourth-order valence-corrected chi connectivity index (χ4v) is 5.77. The molecule has 5 rings (SSSR count). The van der Waals surface area contributed by atoms with E-state index in [1.807, 2.05) is 26.0 Å². The van der Waals surface area contributed by atoms with E-state index in [4.69, 9.17) is 31.5 Å². The van der Waals surface area contributed by atoms with Gasteiger partial charge in [-0.2, -0.15) is 4.98 Å². The Balaban J connectivity index is 0.000000603. The second-order valence-electron chi connectivity index (χ2n) is 7.87. The van der Waals surface area contributed by atoms with Gasteiger partial charge in [0.2, 0.25) is 5.95 Å². The smallest absolute Gasteiger partial charge is 0.290 e. The molecule has 0 aliphatic carbocycles. The summed E-state index contributed by atoms with van der Waals surface area (Å²) in [4.78, 5) is 25.4. The molecule has 0 radical (unpaired) electrons. The van der Waals surface area contributed by atoms with Crippen LogP contribution in [0.15, 0.2) is 29.2 Å². The topological polar surface area (TPSA) is 110 Å². The Bertz CT molecular complexity index is 986. The predicted octanol–water partition coefficient (Wildman–Crippen LogP) is 2.42. The molecular weight excluding hydrogens is 478 g/mol. The minimum absolute atomic E-state index is 0.250. The summed E-state index contributed by atoms with van der Waals surface area (Å²) in [5.74, 6) is 2.09. The van der Waals surface area contributed by atoms with Gasteiger partial charge in [0.05, 0.1) is 22.6 Å². The maximum atomic E-state index is 12.5. The summed E-state index contributed by atoms with van der Waals surface area (Å²) in [6, 6.07) is 7.94. The second-order valence-corrected chi connectivity index (χ2v) is 9.81. The van der Waals surface area contributed by atoms with Gasteiger partial charge in [-0.1, -0.05) is 25.4 Å². The molecule has 186 valence electrons. The molecule has 0 amide bonds. The molecule has 11 heteroatoms. The van der Waals surface area contributed by atoms with Gasteiger partial charge in [0, 0.05) is 62.2 Å². The van der Waals surface area contributed by atoms with Gasteiger partial charge in [-0.15, -0.1) is 0 Å². The van der Waals surface area contributed by atoms with Crippen molar-refractivity contribution in [2.45, 2.75) is 37.7 Å². The highest BCUT2D eigenvalue weighted by Crippen LogP contribution is 2.34. The number of aliphatic hydroxyl groups is 1. The zero-order valence-corrected chi connectivity index (χ0v) is 21.1. The Kier molecular flexibility index (Phi) is 9.49. The fraction of sp³-hybridized carbons (Fsp3) is 0.522. The molecule has 2 fully saturated rings. The first kappa shape index (κ1) is 26.2. The standard InChI is InChI=1S/C20H24ClN5O2S.C2H6.CH2O2/c21-14-1-3-15(4-2-14)24-8-10-25(11-9-24)20-22-17-6-12-29(28)18(17)19(23-20)26-7-5-16(27)13-26;1-2;2-1-3/h1-4,16,27H,5-13H2;1-2H3;1H,(H,2,3). The molecule has 2 N–H and O–H groups in total. The summed E-state index contributed by atoms with van der Waals surface area (Å²) in [6.07, 6.45) is 1.10. The number of carboxylic acid groups (broad SMARTS) is 1. The van der Waals surface area contributed by atoms with E-state index in [1.54, 1.807) is 0 Å². The van der Waals surface area contributed by atoms with Crippen molar-refractivity contribution in [3.8, 4) is 0 Å². The third kappa shape index (κ3) is 5.97. The summed E-state index contributed by atoms with van der Waals surface area (Å²) >= 11 is 6.00. The number of benzene rings is 1. The van der Waals surface area contributed by atoms with Crippen LogP contribution in [0.1, 0.15) is 26.0 Å². The lowest BCUT2D eigenvalue weighted by atomic mass is 10.2. The molecule has 2 aromatic rings. The van der Waals surface area contributed by atoms with Gasteiger partial charge < -0.3 is 24.9 Å². The first-order valence-corrected chi connectivity index (χ1v) is 13.3. The molecule has 2 saturated heterocycles. The van der Waals surface area contributed by atoms with E-state index in [-0.39, 0.29) is 12.6 Å². The van der Waals surface area contributed by atoms with Gasteiger partial charge in [-0.25, -0.2) is 4.98 Å². The quantitative estimate of drug-likeness (QED) is 0.602. The number of halogens is 1. The first-order valence-electron chi connectivity index (χ1n) is 11.6. The maximum absolute atomic E-state index is 12.5. The van der Waals surface area contributed by atoms with Gasteiger partial charge >= 0.3 is 0 Å². The van der Waals surface area contributed by atoms with Gasteiger partial charge in [0.25, 0.3) is 6.47 Å². The van der Waals surface area contributed by atoms with Crippen molar-refractivity contribution in [3.05, 3.63) is 35.0 Å². The van der Waals surface area contributed by atoms with Crippen LogP contribution >= 0.6 is 11.6 Å². The number of carbonyl (C=O) groups is 1. The minimum Gasteiger partial charge on any atom is -0.483 e. The minimum atomic E-state index is -1.05. The normalized spacial score (nSPS) is 21.2. The van der Waals surface area contributed by atoms with Crippen molar-refractivity contribution >= 4 is 46.3 Å². The van der Waals surface area contributed by atoms with Crippen LogP contribution in [0.5, 0.6) is 0 Å². The predicted molar refractivity (Wildman–Crippen MR) is 136 cm³/mol. The van der Waals surface area contributed by atoms with Crippen LogP contribution in [0.2, 0.25) is 5.02 Å². The number of aryl methyl sites for hydroxylation is 1. The number of anilines is 3. The molecule has 1 aromatic carbocycles. The molecule has 0 saturated carbocycles. The van der Waals surface area contributed by atoms with Crippen LogP contribution in [0.3, 0.4) is 0 Å². The van der Waals surface area contributed by atoms with E-state index in [1.165, 1.54) is 5.69 Å². The Morgan fingerprint density at radius 2 is 1.65 bits per heavy atom. The highest BCUT2D eigenvalue weighted by atomic mass is 35.5. The Morgan fingerprint density at radius 3 is 2.24 bits per heavy atom. The zero-order valence-electron chi connectivity index (χ0n) is 19.6. The summed E-state index contributed by atoms with van der Waals surface area (Å²) in [5, 5.41) is 17.6. The summed E-state index contributed by atoms with van der Waals surface area (Å²) in [6.45, 7) is 8.45. The van der Waals surface area contributed by atoms with E-state index < -0.39 is 10.8 Å². The molecule has 2 atom stereocenters. The third-order valence-electron chi connectivity index (χ3n) is 5.88. The lowest BCUT2D eigenvalue weighted by Gasteiger charge is -2.36. The number of aromatic nitrogens is 2. The second kappa shape index (κ2) is 12.3. The number of fused-ring (bicyclic) bond motifs is 1. The summed E-state index contributed by atoms with van der Waals surface area (Å²) in [7, 11) is -1.05. The Hall–Kier alpha value is -2.43. The average Bonchev–Trinajstić information content (AvgIpc) is 3.46. The number of hydrogen-bond acceptors (Lipinski definition) is 8. The third-order valence-corrected chi connectivity index (χ3v) is 7.58. The average molecular weight is 510 g/mol. The van der Waals surface area contributed by atoms with E-state index >= 15 is 0 Å². The number of aliphatic hydroxyl groups excluding tert-OH is 1. The molecule has 0 bridgehead atoms. The number of piperazine rings is 1. The molecule has 9 nitrogen and oxygen atoms in total. The molecule has 1 aromatic heterocycles. The van der Waals surface area contributed by atoms with Crippen molar-refractivity contribution in [3.63, 3.8) is 0 Å². The first-order chi connectivity index (χ1) is 16.5. The van der Waals surface area contributed by atoms with E-state index in [9.17, 15) is 9.32 Å². The summed E-state index contributed by atoms with van der Waals surface area (Å²) < 4.78 is 12.5. The molecule has 3 aliphatic heterocycles. The van der Waals surface area contributed by atoms with Gasteiger partial charge in [-0.05, 0) is 30.7 Å². The van der Waals surface area contributed by atoms with Crippen molar-refractivity contribution in [2.24, 2.45) is 0 Å². The Labute approximate surface area is 207 Å². The molecule has 2 unspecified atom stereocenters. The number of rotatable bonds is 3. The SMILES string of the molecule is CC.O=CO.O=S1CCc2nc(N3CCN(c4ccc(Cl)cc4)CC3)nc(N3CCC(O)C3)c21. The lowest BCUT2D eigenvalue weighted by Crippen LogP contribution is -2.47. The molecular formula is C23H32ClN5O4S. The van der Waals surface area contributed by atoms with Gasteiger partial charge in [-0.3, -0.25) is 9.00 Å². The summed E-state index contributed by atoms with van der Waals surface area (Å²) in [5.41, 5.74) is 2.08. The van der Waals surface area contributed by atoms with Crippen LogP contribution in [-0.4, -0.2) is 82.0 Å². The van der Waals surface area contributed by atoms with E-state index in [0.29, 0.717) is 12.3 Å². The van der Waals surface area contributed by atoms with Crippen molar-refractivity contribution in [1.29, 1.82) is 0 Å². The van der Waals surface area contributed by atoms with Crippen LogP contribution in [0.25, 0.3) is 0 Å². The fourth-order valence-electron chi connectivity index (χ4n) is 4.27. The molecule has 3 aliphatic rings. The highest BCUT2D eigenvalue weighted by molar-refractivity contribution is 7.85. The molecule has 4 heterocycles. The van der Waals surface area contributed by atoms with Crippen LogP contribution < -0.4 is 14.7 Å². The maximum Gasteiger partial charge on any atom is 0.290 e. The number of hydrogen-bond donors (Lipinski definition) is 2. The van der Waals surface area contributed by atoms with E-state index in [2.05, 4.69) is 26.8 Å². The van der Waals surface area contributed by atoms with Crippen molar-refractivity contribution < 1.29 is 19.2 Å². The highest BCUT2D eigenvalue weighted by Gasteiger charge is 2.33. The Morgan fingerprint density at radius 1 is 1.03 bits per heavy atom. The monoisotopic (exact) mass is 509 g/mol. The lowest BCUT2D eigenvalue weighted by molar-refractivity contribution is -0.122. The number of nitrogens with zero attached hydrogens (tertiary/aromatic N) is 5. The zero-order chi connectivity index (χ0) is 24.7. The van der Waals surface area contributed by atoms with Crippen molar-refractivity contribution in [2.75, 3.05) is 59.7 Å². The largest absolute Gasteiger partial charge is 0.483 e. The van der Waals surface area contributed by atoms with E-state index in [0.717, 1.165) is 72.9 Å². The number of β-amino-alcohol motifs (C(OH)–C–C–N with tert-alkyl or cyclic N) is 1. The van der Waals surface area contributed by atoms with Crippen LogP contribution in [-0.2, 0) is 22.0 Å². The van der Waals surface area contributed by atoms with Crippen LogP contribution in [0.4, 0.5) is 17.5 Å². The molecule has 34 heavy (non-hydrogen) atoms. The molecule has 0 spiro atoms. The van der Waals surface area contributed by atoms with Gasteiger partial charge in [0.1, 0.15) is 4.90 Å². The van der Waals surface area contributed by atoms with Crippen LogP contribution in [0, 0.1) is 0 Å². The van der Waals surface area contributed by atoms with Gasteiger partial charge in [0.15, 0.2) is 5.82 Å².